The number of carbonyl (C=O) groups is 1. The molecule has 104 valence electrons. The van der Waals surface area contributed by atoms with E-state index in [1.165, 1.54) is 18.2 Å². The van der Waals surface area contributed by atoms with E-state index in [9.17, 15) is 14.9 Å². The largest absolute Gasteiger partial charge is 0.378 e. The Morgan fingerprint density at radius 2 is 1.95 bits per heavy atom. The Balaban J connectivity index is 1.94. The van der Waals surface area contributed by atoms with Crippen LogP contribution in [0, 0.1) is 10.1 Å². The van der Waals surface area contributed by atoms with Gasteiger partial charge in [0.05, 0.1) is 11.0 Å². The fourth-order valence-corrected chi connectivity index (χ4v) is 1.86. The van der Waals surface area contributed by atoms with Crippen molar-refractivity contribution in [2.24, 2.45) is 4.99 Å². The molecule has 3 rings (SSSR count). The molecule has 2 aromatic rings. The van der Waals surface area contributed by atoms with Gasteiger partial charge in [-0.2, -0.15) is 5.48 Å². The second kappa shape index (κ2) is 5.04. The summed E-state index contributed by atoms with van der Waals surface area (Å²) in [5, 5.41) is 10.7. The molecule has 0 radical (unpaired) electrons. The third-order valence-electron chi connectivity index (χ3n) is 2.90. The zero-order valence-corrected chi connectivity index (χ0v) is 10.6. The Morgan fingerprint density at radius 1 is 1.19 bits per heavy atom. The first-order valence-electron chi connectivity index (χ1n) is 6.05. The summed E-state index contributed by atoms with van der Waals surface area (Å²) in [5.41, 5.74) is 3.14. The molecular weight excluding hydrogens is 274 g/mol. The average Bonchev–Trinajstić information content (AvgIpc) is 2.54. The van der Waals surface area contributed by atoms with Crippen LogP contribution in [-0.4, -0.2) is 16.5 Å². The Labute approximate surface area is 119 Å². The normalized spacial score (nSPS) is 12.5. The number of amidine groups is 1. The minimum Gasteiger partial charge on any atom is -0.378 e. The van der Waals surface area contributed by atoms with Gasteiger partial charge in [0, 0.05) is 11.6 Å². The van der Waals surface area contributed by atoms with Crippen LogP contribution >= 0.6 is 0 Å². The number of hydroxylamine groups is 1. The predicted octanol–water partition coefficient (Wildman–Crippen LogP) is 2.40. The maximum Gasteiger partial charge on any atom is 0.273 e. The summed E-state index contributed by atoms with van der Waals surface area (Å²) < 4.78 is 0. The lowest BCUT2D eigenvalue weighted by Gasteiger charge is -2.16. The molecule has 0 aliphatic carbocycles. The van der Waals surface area contributed by atoms with E-state index in [0.29, 0.717) is 11.3 Å². The lowest BCUT2D eigenvalue weighted by molar-refractivity contribution is -0.384. The topological polar surface area (TPSA) is 93.8 Å². The Morgan fingerprint density at radius 3 is 2.67 bits per heavy atom. The predicted molar refractivity (Wildman–Crippen MR) is 74.7 cm³/mol. The van der Waals surface area contributed by atoms with Crippen LogP contribution < -0.4 is 10.3 Å². The fourth-order valence-electron chi connectivity index (χ4n) is 1.86. The lowest BCUT2D eigenvalue weighted by atomic mass is 10.1. The zero-order chi connectivity index (χ0) is 14.8. The Bertz CT molecular complexity index is 756. The van der Waals surface area contributed by atoms with Crippen molar-refractivity contribution < 1.29 is 14.6 Å². The highest BCUT2D eigenvalue weighted by molar-refractivity contribution is 6.45. The van der Waals surface area contributed by atoms with Crippen molar-refractivity contribution in [3.05, 3.63) is 64.2 Å². The van der Waals surface area contributed by atoms with E-state index in [1.807, 2.05) is 0 Å². The number of carbonyl (C=O) groups excluding carboxylic acids is 1. The Kier molecular flexibility index (Phi) is 3.07. The van der Waals surface area contributed by atoms with Gasteiger partial charge in [0.15, 0.2) is 5.75 Å². The maximum atomic E-state index is 12.2. The first-order chi connectivity index (χ1) is 10.1. The molecule has 0 atom stereocenters. The van der Waals surface area contributed by atoms with Crippen LogP contribution in [-0.2, 0) is 0 Å². The van der Waals surface area contributed by atoms with Gasteiger partial charge >= 0.3 is 0 Å². The van der Waals surface area contributed by atoms with Crippen molar-refractivity contribution >= 4 is 23.0 Å². The van der Waals surface area contributed by atoms with Crippen molar-refractivity contribution in [2.45, 2.75) is 0 Å². The first kappa shape index (κ1) is 12.8. The molecule has 0 amide bonds. The van der Waals surface area contributed by atoms with Gasteiger partial charge < -0.3 is 4.84 Å². The number of benzene rings is 2. The quantitative estimate of drug-likeness (QED) is 0.530. The molecule has 0 unspecified atom stereocenters. The number of hydrogen-bond acceptors (Lipinski definition) is 6. The van der Waals surface area contributed by atoms with Crippen molar-refractivity contribution in [3.63, 3.8) is 0 Å². The number of nitro benzene ring substituents is 1. The van der Waals surface area contributed by atoms with Gasteiger partial charge in [-0.1, -0.05) is 30.3 Å². The van der Waals surface area contributed by atoms with Gasteiger partial charge in [-0.3, -0.25) is 14.9 Å². The van der Waals surface area contributed by atoms with Crippen molar-refractivity contribution in [3.8, 4) is 5.75 Å². The summed E-state index contributed by atoms with van der Waals surface area (Å²) in [4.78, 5) is 31.7. The molecule has 0 bridgehead atoms. The molecule has 0 spiro atoms. The van der Waals surface area contributed by atoms with Gasteiger partial charge in [-0.15, -0.1) is 0 Å². The molecule has 1 N–H and O–H groups in total. The number of hydrogen-bond donors (Lipinski definition) is 1. The molecule has 0 aromatic heterocycles. The number of nitrogens with zero attached hydrogens (tertiary/aromatic N) is 2. The second-order valence-corrected chi connectivity index (χ2v) is 4.27. The minimum atomic E-state index is -0.530. The van der Waals surface area contributed by atoms with Gasteiger partial charge in [-0.25, -0.2) is 4.99 Å². The summed E-state index contributed by atoms with van der Waals surface area (Å²) in [6.45, 7) is 0. The molecule has 0 fully saturated rings. The monoisotopic (exact) mass is 283 g/mol. The van der Waals surface area contributed by atoms with Crippen LogP contribution in [0.15, 0.2) is 53.5 Å². The smallest absolute Gasteiger partial charge is 0.273 e. The highest BCUT2D eigenvalue weighted by Crippen LogP contribution is 2.33. The summed E-state index contributed by atoms with van der Waals surface area (Å²) >= 11 is 0. The van der Waals surface area contributed by atoms with Crippen LogP contribution in [0.2, 0.25) is 0 Å². The third-order valence-corrected chi connectivity index (χ3v) is 2.90. The van der Waals surface area contributed by atoms with E-state index in [2.05, 4.69) is 10.5 Å². The standard InChI is InChI=1S/C14H9N3O4/c18-13(9-4-2-1-3-5-9)14-15-11-7-6-10(17(19)20)8-12(11)21-16-14/h1-8H,(H,15,16). The first-order valence-corrected chi connectivity index (χ1v) is 6.05. The lowest BCUT2D eigenvalue weighted by Crippen LogP contribution is -2.35. The van der Waals surface area contributed by atoms with Crippen LogP contribution in [0.4, 0.5) is 11.4 Å². The van der Waals surface area contributed by atoms with Crippen LogP contribution in [0.1, 0.15) is 10.4 Å². The SMILES string of the molecule is O=C(C1=Nc2ccc([N+](=O)[O-])cc2ON1)c1ccccc1. The number of non-ortho nitro benzene ring substituents is 1. The van der Waals surface area contributed by atoms with E-state index in [0.717, 1.165) is 0 Å². The van der Waals surface area contributed by atoms with Crippen molar-refractivity contribution in [1.82, 2.24) is 5.48 Å². The number of fused-ring (bicyclic) bond motifs is 1. The average molecular weight is 283 g/mol. The number of ketones is 1. The number of nitro groups is 1. The second-order valence-electron chi connectivity index (χ2n) is 4.27. The van der Waals surface area contributed by atoms with Crippen LogP contribution in [0.5, 0.6) is 5.75 Å². The molecule has 7 heteroatoms. The van der Waals surface area contributed by atoms with E-state index in [4.69, 9.17) is 4.84 Å². The highest BCUT2D eigenvalue weighted by atomic mass is 16.7. The summed E-state index contributed by atoms with van der Waals surface area (Å²) in [7, 11) is 0. The molecule has 21 heavy (non-hydrogen) atoms. The summed E-state index contributed by atoms with van der Waals surface area (Å²) in [6, 6.07) is 12.6. The Hall–Kier alpha value is -3.22. The van der Waals surface area contributed by atoms with Gasteiger partial charge in [0.1, 0.15) is 5.69 Å². The van der Waals surface area contributed by atoms with Gasteiger partial charge in [0.25, 0.3) is 5.69 Å². The molecule has 0 saturated heterocycles. The molecule has 0 saturated carbocycles. The number of aliphatic imine (C=N–C) groups is 1. The molecule has 1 heterocycles. The molecule has 1 aliphatic heterocycles. The van der Waals surface area contributed by atoms with Crippen LogP contribution in [0.3, 0.4) is 0 Å². The third kappa shape index (κ3) is 2.44. The van der Waals surface area contributed by atoms with Crippen molar-refractivity contribution in [2.75, 3.05) is 0 Å². The molecule has 7 nitrogen and oxygen atoms in total. The minimum absolute atomic E-state index is 0.0301. The number of Topliss-reactive ketones (excluding diaryl/α,β-unsaturated/α-hetero) is 1. The highest BCUT2D eigenvalue weighted by Gasteiger charge is 2.22. The maximum absolute atomic E-state index is 12.2. The van der Waals surface area contributed by atoms with E-state index >= 15 is 0 Å². The molecular formula is C14H9N3O4. The molecule has 1 aliphatic rings. The summed E-state index contributed by atoms with van der Waals surface area (Å²) in [6.07, 6.45) is 0. The summed E-state index contributed by atoms with van der Waals surface area (Å²) in [5.74, 6) is -0.0871. The van der Waals surface area contributed by atoms with E-state index in [1.54, 1.807) is 30.3 Å². The van der Waals surface area contributed by atoms with Gasteiger partial charge in [-0.05, 0) is 6.07 Å². The van der Waals surface area contributed by atoms with Crippen LogP contribution in [0.25, 0.3) is 0 Å². The zero-order valence-electron chi connectivity index (χ0n) is 10.6. The number of nitrogens with one attached hydrogen (secondary N) is 1. The van der Waals surface area contributed by atoms with E-state index in [-0.39, 0.29) is 23.1 Å². The van der Waals surface area contributed by atoms with Crippen molar-refractivity contribution in [1.29, 1.82) is 0 Å². The number of rotatable bonds is 3. The molecule has 2 aromatic carbocycles. The van der Waals surface area contributed by atoms with Gasteiger partial charge in [0.2, 0.25) is 11.6 Å². The van der Waals surface area contributed by atoms with E-state index < -0.39 is 4.92 Å². The fraction of sp³-hybridized carbons (Fsp3) is 0.